The van der Waals surface area contributed by atoms with Crippen molar-refractivity contribution in [3.8, 4) is 11.1 Å². The van der Waals surface area contributed by atoms with E-state index in [4.69, 9.17) is 0 Å². The summed E-state index contributed by atoms with van der Waals surface area (Å²) in [5, 5.41) is 1.05. The second kappa shape index (κ2) is 8.95. The summed E-state index contributed by atoms with van der Waals surface area (Å²) in [6.45, 7) is 2.16. The van der Waals surface area contributed by atoms with E-state index in [1.165, 1.54) is 31.0 Å². The Bertz CT molecular complexity index is 950. The lowest BCUT2D eigenvalue weighted by molar-refractivity contribution is 0.509. The highest BCUT2D eigenvalue weighted by molar-refractivity contribution is 7.13. The van der Waals surface area contributed by atoms with Crippen molar-refractivity contribution in [2.45, 2.75) is 32.6 Å². The highest BCUT2D eigenvalue weighted by Crippen LogP contribution is 2.27. The van der Waals surface area contributed by atoms with E-state index in [1.807, 2.05) is 0 Å². The molecule has 0 atom stereocenters. The molecule has 0 N–H and O–H groups in total. The number of hydrogen-bond acceptors (Lipinski definition) is 3. The molecule has 2 aromatic carbocycles. The summed E-state index contributed by atoms with van der Waals surface area (Å²) in [7, 11) is 0. The van der Waals surface area contributed by atoms with Gasteiger partial charge in [0.2, 0.25) is 0 Å². The number of benzene rings is 2. The minimum Gasteiger partial charge on any atom is -0.252 e. The molecule has 0 radical (unpaired) electrons. The molecule has 0 aliphatic carbocycles. The number of rotatable bonds is 7. The monoisotopic (exact) mass is 388 g/mol. The minimum absolute atomic E-state index is 0.183. The Labute approximate surface area is 160 Å². The molecule has 0 aliphatic rings. The predicted molar refractivity (Wildman–Crippen MR) is 104 cm³/mol. The van der Waals surface area contributed by atoms with Crippen molar-refractivity contribution in [2.24, 2.45) is 4.99 Å². The predicted octanol–water partition coefficient (Wildman–Crippen LogP) is 6.71. The second-order valence-electron chi connectivity index (χ2n) is 6.17. The molecule has 0 spiro atoms. The zero-order valence-corrected chi connectivity index (χ0v) is 15.7. The third-order valence-electron chi connectivity index (χ3n) is 4.10. The highest BCUT2D eigenvalue weighted by Gasteiger charge is 2.08. The van der Waals surface area contributed by atoms with Crippen LogP contribution in [0.25, 0.3) is 11.1 Å². The number of aliphatic imine (C=N–C) groups is 1. The van der Waals surface area contributed by atoms with Gasteiger partial charge in [-0.1, -0.05) is 31.9 Å². The quantitative estimate of drug-likeness (QED) is 0.326. The number of nitrogens with zero attached hydrogens (tertiary/aromatic N) is 2. The second-order valence-corrected chi connectivity index (χ2v) is 7.31. The molecule has 3 aromatic rings. The zero-order chi connectivity index (χ0) is 19.2. The summed E-state index contributed by atoms with van der Waals surface area (Å²) in [5.41, 5.74) is 1.05. The van der Waals surface area contributed by atoms with E-state index >= 15 is 0 Å². The van der Waals surface area contributed by atoms with Crippen LogP contribution in [0.5, 0.6) is 0 Å². The Kier molecular flexibility index (Phi) is 6.40. The summed E-state index contributed by atoms with van der Waals surface area (Å²) in [6.07, 6.45) is 7.74. The van der Waals surface area contributed by atoms with Crippen molar-refractivity contribution >= 4 is 23.2 Å². The van der Waals surface area contributed by atoms with Gasteiger partial charge in [0, 0.05) is 12.4 Å². The van der Waals surface area contributed by atoms with Crippen molar-refractivity contribution in [2.75, 3.05) is 0 Å². The van der Waals surface area contributed by atoms with Crippen molar-refractivity contribution in [3.63, 3.8) is 0 Å². The normalized spacial score (nSPS) is 11.4. The summed E-state index contributed by atoms with van der Waals surface area (Å²) in [6, 6.07) is 7.90. The maximum atomic E-state index is 14.3. The van der Waals surface area contributed by atoms with Crippen LogP contribution in [0, 0.1) is 17.5 Å². The molecule has 0 amide bonds. The summed E-state index contributed by atoms with van der Waals surface area (Å²) in [4.78, 5) is 9.41. The number of hydrogen-bond donors (Lipinski definition) is 0. The molecule has 0 unspecified atom stereocenters. The third-order valence-corrected chi connectivity index (χ3v) is 5.09. The van der Waals surface area contributed by atoms with Gasteiger partial charge in [-0.2, -0.15) is 0 Å². The maximum absolute atomic E-state index is 14.3. The molecule has 3 rings (SSSR count). The fourth-order valence-electron chi connectivity index (χ4n) is 2.63. The molecule has 1 aromatic heterocycles. The molecule has 0 fully saturated rings. The van der Waals surface area contributed by atoms with Gasteiger partial charge in [-0.3, -0.25) is 4.99 Å². The van der Waals surface area contributed by atoms with Gasteiger partial charge in [0.1, 0.15) is 5.82 Å². The van der Waals surface area contributed by atoms with Gasteiger partial charge < -0.3 is 0 Å². The average Bonchev–Trinajstić information content (AvgIpc) is 3.11. The Balaban J connectivity index is 1.72. The first-order valence-corrected chi connectivity index (χ1v) is 9.62. The van der Waals surface area contributed by atoms with Crippen molar-refractivity contribution in [3.05, 3.63) is 69.9 Å². The van der Waals surface area contributed by atoms with E-state index in [-0.39, 0.29) is 5.69 Å². The Morgan fingerprint density at radius 2 is 1.70 bits per heavy atom. The highest BCUT2D eigenvalue weighted by atomic mass is 32.1. The van der Waals surface area contributed by atoms with Crippen molar-refractivity contribution in [1.29, 1.82) is 0 Å². The van der Waals surface area contributed by atoms with E-state index in [0.29, 0.717) is 11.1 Å². The van der Waals surface area contributed by atoms with Crippen LogP contribution in [0.2, 0.25) is 0 Å². The van der Waals surface area contributed by atoms with Crippen molar-refractivity contribution < 1.29 is 13.2 Å². The fourth-order valence-corrected chi connectivity index (χ4v) is 3.46. The average molecular weight is 388 g/mol. The van der Waals surface area contributed by atoms with Gasteiger partial charge >= 0.3 is 0 Å². The van der Waals surface area contributed by atoms with Crippen LogP contribution in [0.4, 0.5) is 18.9 Å². The summed E-state index contributed by atoms with van der Waals surface area (Å²) >= 11 is 1.55. The molecule has 6 heteroatoms. The lowest BCUT2D eigenvalue weighted by Gasteiger charge is -2.04. The number of halogens is 3. The van der Waals surface area contributed by atoms with Gasteiger partial charge in [-0.15, -0.1) is 11.3 Å². The topological polar surface area (TPSA) is 25.2 Å². The van der Waals surface area contributed by atoms with Crippen LogP contribution in [0.1, 0.15) is 36.1 Å². The maximum Gasteiger partial charge on any atom is 0.159 e. The van der Waals surface area contributed by atoms with Crippen LogP contribution in [-0.4, -0.2) is 11.2 Å². The SMILES string of the molecule is CCCCCc1ncc(/C=N/c2ccc(-c3ccc(F)c(F)c3)cc2F)s1. The molecule has 0 saturated heterocycles. The van der Waals surface area contributed by atoms with E-state index in [9.17, 15) is 13.2 Å². The Hall–Kier alpha value is -2.47. The minimum atomic E-state index is -0.963. The van der Waals surface area contributed by atoms with E-state index in [2.05, 4.69) is 16.9 Å². The molecular weight excluding hydrogens is 369 g/mol. The number of aromatic nitrogens is 1. The van der Waals surface area contributed by atoms with Gasteiger partial charge in [0.05, 0.1) is 15.6 Å². The van der Waals surface area contributed by atoms with Crippen molar-refractivity contribution in [1.82, 2.24) is 4.98 Å². The van der Waals surface area contributed by atoms with E-state index in [1.54, 1.807) is 29.8 Å². The zero-order valence-electron chi connectivity index (χ0n) is 14.9. The molecular formula is C21H19F3N2S. The molecule has 0 aliphatic heterocycles. The molecule has 2 nitrogen and oxygen atoms in total. The third kappa shape index (κ3) is 5.04. The Morgan fingerprint density at radius 3 is 2.41 bits per heavy atom. The largest absolute Gasteiger partial charge is 0.252 e. The fraction of sp³-hybridized carbons (Fsp3) is 0.238. The van der Waals surface area contributed by atoms with Crippen LogP contribution < -0.4 is 0 Å². The van der Waals surface area contributed by atoms with Gasteiger partial charge in [0.25, 0.3) is 0 Å². The first-order chi connectivity index (χ1) is 13.1. The van der Waals surface area contributed by atoms with Crippen LogP contribution in [-0.2, 0) is 6.42 Å². The number of unbranched alkanes of at least 4 members (excludes halogenated alkanes) is 2. The molecule has 1 heterocycles. The standard InChI is InChI=1S/C21H19F3N2S/c1-2-3-4-5-21-26-13-16(27-21)12-25-20-9-7-15(11-19(20)24)14-6-8-17(22)18(23)10-14/h6-13H,2-5H2,1H3/b25-12+. The smallest absolute Gasteiger partial charge is 0.159 e. The molecule has 0 saturated carbocycles. The van der Waals surface area contributed by atoms with E-state index < -0.39 is 17.5 Å². The lowest BCUT2D eigenvalue weighted by atomic mass is 10.0. The van der Waals surface area contributed by atoms with Crippen LogP contribution in [0.15, 0.2) is 47.6 Å². The summed E-state index contributed by atoms with van der Waals surface area (Å²) in [5.74, 6) is -2.42. The molecule has 0 bridgehead atoms. The Morgan fingerprint density at radius 1 is 0.963 bits per heavy atom. The molecule has 27 heavy (non-hydrogen) atoms. The molecule has 140 valence electrons. The lowest BCUT2D eigenvalue weighted by Crippen LogP contribution is -1.87. The number of aryl methyl sites for hydroxylation is 1. The van der Waals surface area contributed by atoms with Crippen LogP contribution >= 0.6 is 11.3 Å². The summed E-state index contributed by atoms with van der Waals surface area (Å²) < 4.78 is 40.7. The first-order valence-electron chi connectivity index (χ1n) is 8.80. The van der Waals surface area contributed by atoms with E-state index in [0.717, 1.165) is 34.9 Å². The van der Waals surface area contributed by atoms with Crippen LogP contribution in [0.3, 0.4) is 0 Å². The first kappa shape index (κ1) is 19.3. The number of thiazole rings is 1. The van der Waals surface area contributed by atoms with Gasteiger partial charge in [0.15, 0.2) is 11.6 Å². The van der Waals surface area contributed by atoms with Gasteiger partial charge in [-0.25, -0.2) is 18.2 Å². The van der Waals surface area contributed by atoms with Gasteiger partial charge in [-0.05, 0) is 48.2 Å².